The van der Waals surface area contributed by atoms with Crippen molar-refractivity contribution in [3.63, 3.8) is 0 Å². The van der Waals surface area contributed by atoms with Crippen LogP contribution in [0, 0.1) is 0 Å². The molecule has 0 radical (unpaired) electrons. The molecule has 0 saturated heterocycles. The molecule has 1 heterocycles. The van der Waals surface area contributed by atoms with E-state index in [1.807, 2.05) is 33.9 Å². The molecule has 1 rings (SSSR count). The zero-order valence-corrected chi connectivity index (χ0v) is 13.3. The van der Waals surface area contributed by atoms with Gasteiger partial charge in [0.25, 0.3) is 0 Å². The van der Waals surface area contributed by atoms with Gasteiger partial charge < -0.3 is 10.2 Å². The molecule has 0 aromatic carbocycles. The molecular formula is C14H23N5O2. The molecule has 0 fully saturated rings. The van der Waals surface area contributed by atoms with E-state index in [-0.39, 0.29) is 24.4 Å². The van der Waals surface area contributed by atoms with Gasteiger partial charge in [0.05, 0.1) is 18.3 Å². The SMILES string of the molecule is C=CC(=O)N(C)CC(=O)NC(C)(C)c1cn(C(C)C)nn1. The Balaban J connectivity index is 2.72. The highest BCUT2D eigenvalue weighted by Crippen LogP contribution is 2.18. The molecular weight excluding hydrogens is 270 g/mol. The zero-order chi connectivity index (χ0) is 16.2. The third kappa shape index (κ3) is 4.40. The Kier molecular flexibility index (Phi) is 5.23. The third-order valence-corrected chi connectivity index (χ3v) is 3.06. The summed E-state index contributed by atoms with van der Waals surface area (Å²) in [5.74, 6) is -0.564. The molecule has 7 heteroatoms. The molecule has 1 aromatic rings. The smallest absolute Gasteiger partial charge is 0.246 e. The third-order valence-electron chi connectivity index (χ3n) is 3.06. The van der Waals surface area contributed by atoms with Gasteiger partial charge in [0.15, 0.2) is 0 Å². The van der Waals surface area contributed by atoms with Crippen molar-refractivity contribution in [2.75, 3.05) is 13.6 Å². The minimum atomic E-state index is -0.664. The summed E-state index contributed by atoms with van der Waals surface area (Å²) >= 11 is 0. The first-order valence-corrected chi connectivity index (χ1v) is 6.78. The lowest BCUT2D eigenvalue weighted by atomic mass is 10.0. The Morgan fingerprint density at radius 2 is 2.14 bits per heavy atom. The Morgan fingerprint density at radius 1 is 1.52 bits per heavy atom. The molecule has 116 valence electrons. The monoisotopic (exact) mass is 293 g/mol. The van der Waals surface area contributed by atoms with E-state index in [4.69, 9.17) is 0 Å². The Hall–Kier alpha value is -2.18. The molecule has 2 amide bonds. The summed E-state index contributed by atoms with van der Waals surface area (Å²) in [5, 5.41) is 11.0. The summed E-state index contributed by atoms with van der Waals surface area (Å²) in [4.78, 5) is 24.7. The number of likely N-dealkylation sites (N-methyl/N-ethyl adjacent to an activating group) is 1. The molecule has 0 aliphatic carbocycles. The topological polar surface area (TPSA) is 80.1 Å². The summed E-state index contributed by atoms with van der Waals surface area (Å²) in [6.45, 7) is 11.0. The quantitative estimate of drug-likeness (QED) is 0.789. The van der Waals surface area contributed by atoms with Crippen LogP contribution >= 0.6 is 0 Å². The molecule has 0 atom stereocenters. The fourth-order valence-corrected chi connectivity index (χ4v) is 1.72. The van der Waals surface area contributed by atoms with Crippen LogP contribution in [0.5, 0.6) is 0 Å². The van der Waals surface area contributed by atoms with Crippen LogP contribution in [-0.2, 0) is 15.1 Å². The van der Waals surface area contributed by atoms with Crippen LogP contribution in [0.15, 0.2) is 18.9 Å². The molecule has 21 heavy (non-hydrogen) atoms. The van der Waals surface area contributed by atoms with Gasteiger partial charge in [-0.15, -0.1) is 5.10 Å². The van der Waals surface area contributed by atoms with Crippen LogP contribution in [0.25, 0.3) is 0 Å². The maximum absolute atomic E-state index is 12.0. The van der Waals surface area contributed by atoms with Gasteiger partial charge in [0.1, 0.15) is 5.69 Å². The van der Waals surface area contributed by atoms with E-state index >= 15 is 0 Å². The van der Waals surface area contributed by atoms with Crippen LogP contribution < -0.4 is 5.32 Å². The average Bonchev–Trinajstić information content (AvgIpc) is 2.87. The Bertz CT molecular complexity index is 533. The molecule has 0 bridgehead atoms. The number of nitrogens with one attached hydrogen (secondary N) is 1. The highest BCUT2D eigenvalue weighted by Gasteiger charge is 2.27. The van der Waals surface area contributed by atoms with E-state index in [0.717, 1.165) is 0 Å². The van der Waals surface area contributed by atoms with Crippen molar-refractivity contribution < 1.29 is 9.59 Å². The highest BCUT2D eigenvalue weighted by atomic mass is 16.2. The lowest BCUT2D eigenvalue weighted by Crippen LogP contribution is -2.46. The molecule has 1 aromatic heterocycles. The molecule has 1 N–H and O–H groups in total. The number of nitrogens with zero attached hydrogens (tertiary/aromatic N) is 4. The number of carbonyl (C=O) groups is 2. The number of rotatable bonds is 6. The van der Waals surface area contributed by atoms with E-state index < -0.39 is 5.54 Å². The van der Waals surface area contributed by atoms with Gasteiger partial charge in [-0.2, -0.15) is 0 Å². The minimum Gasteiger partial charge on any atom is -0.344 e. The number of amides is 2. The summed E-state index contributed by atoms with van der Waals surface area (Å²) in [6, 6.07) is 0.203. The first kappa shape index (κ1) is 16.9. The van der Waals surface area contributed by atoms with Gasteiger partial charge >= 0.3 is 0 Å². The largest absolute Gasteiger partial charge is 0.344 e. The van der Waals surface area contributed by atoms with Gasteiger partial charge in [-0.05, 0) is 33.8 Å². The predicted molar refractivity (Wildman–Crippen MR) is 79.4 cm³/mol. The van der Waals surface area contributed by atoms with Gasteiger partial charge in [0.2, 0.25) is 11.8 Å². The summed E-state index contributed by atoms with van der Waals surface area (Å²) in [7, 11) is 1.55. The first-order valence-electron chi connectivity index (χ1n) is 6.78. The normalized spacial score (nSPS) is 11.3. The maximum Gasteiger partial charge on any atom is 0.246 e. The average molecular weight is 293 g/mol. The first-order chi connectivity index (χ1) is 9.67. The van der Waals surface area contributed by atoms with E-state index in [1.54, 1.807) is 11.7 Å². The lowest BCUT2D eigenvalue weighted by Gasteiger charge is -2.25. The number of aromatic nitrogens is 3. The number of hydrogen-bond acceptors (Lipinski definition) is 4. The van der Waals surface area contributed by atoms with E-state index in [2.05, 4.69) is 22.2 Å². The van der Waals surface area contributed by atoms with E-state index in [9.17, 15) is 9.59 Å². The molecule has 0 aliphatic rings. The van der Waals surface area contributed by atoms with Gasteiger partial charge in [-0.25, -0.2) is 4.68 Å². The van der Waals surface area contributed by atoms with Crippen molar-refractivity contribution >= 4 is 11.8 Å². The fraction of sp³-hybridized carbons (Fsp3) is 0.571. The predicted octanol–water partition coefficient (Wildman–Crippen LogP) is 0.855. The standard InChI is InChI=1S/C14H23N5O2/c1-7-13(21)18(6)9-12(20)15-14(4,5)11-8-19(10(2)3)17-16-11/h7-8,10H,1,9H2,2-6H3,(H,15,20). The minimum absolute atomic E-state index is 0.0351. The van der Waals surface area contributed by atoms with Gasteiger partial charge in [0, 0.05) is 13.1 Å². The van der Waals surface area contributed by atoms with Gasteiger partial charge in [-0.1, -0.05) is 11.8 Å². The van der Waals surface area contributed by atoms with Crippen LogP contribution in [0.2, 0.25) is 0 Å². The Labute approximate surface area is 125 Å². The second-order valence-corrected chi connectivity index (χ2v) is 5.75. The van der Waals surface area contributed by atoms with Crippen LogP contribution in [-0.4, -0.2) is 45.3 Å². The van der Waals surface area contributed by atoms with Crippen molar-refractivity contribution in [1.82, 2.24) is 25.2 Å². The van der Waals surface area contributed by atoms with E-state index in [0.29, 0.717) is 5.69 Å². The molecule has 7 nitrogen and oxygen atoms in total. The Morgan fingerprint density at radius 3 is 2.62 bits per heavy atom. The summed E-state index contributed by atoms with van der Waals surface area (Å²) in [5.41, 5.74) is 0.00436. The second-order valence-electron chi connectivity index (χ2n) is 5.75. The number of hydrogen-bond donors (Lipinski definition) is 1. The maximum atomic E-state index is 12.0. The highest BCUT2D eigenvalue weighted by molar-refractivity contribution is 5.90. The van der Waals surface area contributed by atoms with Crippen LogP contribution in [0.4, 0.5) is 0 Å². The van der Waals surface area contributed by atoms with Crippen molar-refractivity contribution in [2.45, 2.75) is 39.3 Å². The van der Waals surface area contributed by atoms with Crippen LogP contribution in [0.3, 0.4) is 0 Å². The van der Waals surface area contributed by atoms with Crippen molar-refractivity contribution in [3.05, 3.63) is 24.5 Å². The molecule has 0 saturated carbocycles. The van der Waals surface area contributed by atoms with Crippen molar-refractivity contribution in [1.29, 1.82) is 0 Å². The fourth-order valence-electron chi connectivity index (χ4n) is 1.72. The van der Waals surface area contributed by atoms with Crippen LogP contribution in [0.1, 0.15) is 39.4 Å². The molecule has 0 aliphatic heterocycles. The van der Waals surface area contributed by atoms with Gasteiger partial charge in [-0.3, -0.25) is 9.59 Å². The number of carbonyl (C=O) groups excluding carboxylic acids is 2. The molecule has 0 spiro atoms. The molecule has 0 unspecified atom stereocenters. The summed E-state index contributed by atoms with van der Waals surface area (Å²) < 4.78 is 1.73. The second kappa shape index (κ2) is 6.51. The van der Waals surface area contributed by atoms with Crippen molar-refractivity contribution in [3.8, 4) is 0 Å². The van der Waals surface area contributed by atoms with E-state index in [1.165, 1.54) is 11.0 Å². The zero-order valence-electron chi connectivity index (χ0n) is 13.3. The van der Waals surface area contributed by atoms with Crippen molar-refractivity contribution in [2.24, 2.45) is 0 Å². The summed E-state index contributed by atoms with van der Waals surface area (Å²) in [6.07, 6.45) is 2.98. The lowest BCUT2D eigenvalue weighted by molar-refractivity contribution is -0.132.